The van der Waals surface area contributed by atoms with Gasteiger partial charge in [-0.1, -0.05) is 23.2 Å². The van der Waals surface area contributed by atoms with Crippen LogP contribution < -0.4 is 0 Å². The molecule has 0 atom stereocenters. The average Bonchev–Trinajstić information content (AvgIpc) is 3.43. The maximum Gasteiger partial charge on any atom is 0.256 e. The molecule has 2 aromatic heterocycles. The van der Waals surface area contributed by atoms with E-state index in [1.807, 2.05) is 23.1 Å². The Bertz CT molecular complexity index is 1220. The van der Waals surface area contributed by atoms with Crippen LogP contribution in [0.25, 0.3) is 15.9 Å². The van der Waals surface area contributed by atoms with Gasteiger partial charge in [0.25, 0.3) is 5.91 Å². The van der Waals surface area contributed by atoms with Crippen molar-refractivity contribution in [1.29, 1.82) is 0 Å². The van der Waals surface area contributed by atoms with E-state index in [-0.39, 0.29) is 5.91 Å². The molecule has 1 aliphatic heterocycles. The van der Waals surface area contributed by atoms with Gasteiger partial charge in [-0.3, -0.25) is 4.79 Å². The molecule has 2 aromatic carbocycles. The molecule has 1 amide bonds. The van der Waals surface area contributed by atoms with Crippen LogP contribution in [0.4, 0.5) is 0 Å². The second-order valence-corrected chi connectivity index (χ2v) is 9.08. The quantitative estimate of drug-likeness (QED) is 0.448. The van der Waals surface area contributed by atoms with E-state index < -0.39 is 0 Å². The number of carbonyl (C=O) groups excluding carboxylic acids is 1. The monoisotopic (exact) mass is 458 g/mol. The van der Waals surface area contributed by atoms with E-state index in [9.17, 15) is 4.79 Å². The largest absolute Gasteiger partial charge is 0.339 e. The van der Waals surface area contributed by atoms with Gasteiger partial charge in [-0.25, -0.2) is 4.98 Å². The maximum absolute atomic E-state index is 13.2. The number of tetrazole rings is 1. The second kappa shape index (κ2) is 7.94. The van der Waals surface area contributed by atoms with Crippen molar-refractivity contribution in [3.8, 4) is 5.69 Å². The number of carbonyl (C=O) groups is 1. The summed E-state index contributed by atoms with van der Waals surface area (Å²) < 4.78 is 2.61. The van der Waals surface area contributed by atoms with Gasteiger partial charge in [0.1, 0.15) is 6.33 Å². The highest BCUT2D eigenvalue weighted by Crippen LogP contribution is 2.35. The molecule has 0 radical (unpaired) electrons. The Morgan fingerprint density at radius 1 is 1.07 bits per heavy atom. The van der Waals surface area contributed by atoms with Crippen LogP contribution in [-0.4, -0.2) is 49.1 Å². The normalized spacial score (nSPS) is 15.1. The zero-order valence-electron chi connectivity index (χ0n) is 15.7. The summed E-state index contributed by atoms with van der Waals surface area (Å²) in [7, 11) is 0. The van der Waals surface area contributed by atoms with Crippen molar-refractivity contribution >= 4 is 50.7 Å². The molecule has 0 unspecified atom stereocenters. The highest BCUT2D eigenvalue weighted by atomic mass is 35.5. The number of rotatable bonds is 3. The van der Waals surface area contributed by atoms with Crippen LogP contribution in [0.3, 0.4) is 0 Å². The van der Waals surface area contributed by atoms with E-state index >= 15 is 0 Å². The molecule has 1 fully saturated rings. The Balaban J connectivity index is 1.34. The van der Waals surface area contributed by atoms with E-state index in [0.717, 1.165) is 28.1 Å². The number of hydrogen-bond donors (Lipinski definition) is 0. The molecule has 0 saturated carbocycles. The van der Waals surface area contributed by atoms with Crippen LogP contribution in [0.1, 0.15) is 34.1 Å². The van der Waals surface area contributed by atoms with Crippen LogP contribution in [-0.2, 0) is 0 Å². The summed E-state index contributed by atoms with van der Waals surface area (Å²) in [6, 6.07) is 10.9. The first-order chi connectivity index (χ1) is 14.6. The number of fused-ring (bicyclic) bond motifs is 1. The average molecular weight is 459 g/mol. The number of piperidine rings is 1. The van der Waals surface area contributed by atoms with E-state index in [1.54, 1.807) is 29.5 Å². The summed E-state index contributed by atoms with van der Waals surface area (Å²) in [6.45, 7) is 1.31. The molecule has 0 bridgehead atoms. The van der Waals surface area contributed by atoms with Gasteiger partial charge < -0.3 is 4.90 Å². The zero-order valence-corrected chi connectivity index (χ0v) is 18.0. The third-order valence-corrected chi connectivity index (χ3v) is 6.95. The summed E-state index contributed by atoms with van der Waals surface area (Å²) in [6.07, 6.45) is 3.19. The number of aromatic nitrogens is 5. The number of halogens is 2. The van der Waals surface area contributed by atoms with Crippen LogP contribution in [0.2, 0.25) is 10.0 Å². The van der Waals surface area contributed by atoms with Gasteiger partial charge in [0.05, 0.1) is 26.5 Å². The van der Waals surface area contributed by atoms with Crippen molar-refractivity contribution in [3.05, 3.63) is 63.3 Å². The lowest BCUT2D eigenvalue weighted by molar-refractivity contribution is 0.0713. The van der Waals surface area contributed by atoms with Crippen LogP contribution in [0.15, 0.2) is 42.7 Å². The summed E-state index contributed by atoms with van der Waals surface area (Å²) in [5, 5.41) is 13.5. The Labute approximate surface area is 186 Å². The van der Waals surface area contributed by atoms with Crippen molar-refractivity contribution in [3.63, 3.8) is 0 Å². The van der Waals surface area contributed by atoms with Gasteiger partial charge >= 0.3 is 0 Å². The Morgan fingerprint density at radius 2 is 1.83 bits per heavy atom. The maximum atomic E-state index is 13.2. The Kier molecular flexibility index (Phi) is 5.14. The van der Waals surface area contributed by atoms with E-state index in [1.165, 1.54) is 11.0 Å². The number of benzene rings is 2. The van der Waals surface area contributed by atoms with Crippen LogP contribution in [0.5, 0.6) is 0 Å². The SMILES string of the molecule is O=C(c1cc(Cl)ccc1-n1cnnn1)N1CCC(c2nc3cc(Cl)ccc3s2)CC1. The van der Waals surface area contributed by atoms with Gasteiger partial charge in [-0.05, 0) is 59.7 Å². The lowest BCUT2D eigenvalue weighted by Gasteiger charge is -2.31. The van der Waals surface area contributed by atoms with Crippen molar-refractivity contribution in [2.24, 2.45) is 0 Å². The first-order valence-electron chi connectivity index (χ1n) is 9.46. The number of amides is 1. The van der Waals surface area contributed by atoms with Crippen LogP contribution in [0, 0.1) is 0 Å². The molecule has 4 aromatic rings. The lowest BCUT2D eigenvalue weighted by atomic mass is 9.97. The van der Waals surface area contributed by atoms with Crippen molar-refractivity contribution in [1.82, 2.24) is 30.1 Å². The molecular weight excluding hydrogens is 443 g/mol. The summed E-state index contributed by atoms with van der Waals surface area (Å²) in [4.78, 5) is 19.9. The first kappa shape index (κ1) is 19.4. The fourth-order valence-corrected chi connectivity index (χ4v) is 5.20. The molecule has 0 aliphatic carbocycles. The lowest BCUT2D eigenvalue weighted by Crippen LogP contribution is -2.38. The van der Waals surface area contributed by atoms with Gasteiger partial charge in [0.15, 0.2) is 0 Å². The molecule has 152 valence electrons. The summed E-state index contributed by atoms with van der Waals surface area (Å²) in [5.74, 6) is 0.265. The van der Waals surface area contributed by atoms with Crippen molar-refractivity contribution < 1.29 is 4.79 Å². The third-order valence-electron chi connectivity index (χ3n) is 5.28. The minimum atomic E-state index is -0.0717. The molecule has 3 heterocycles. The zero-order chi connectivity index (χ0) is 20.7. The van der Waals surface area contributed by atoms with E-state index in [0.29, 0.717) is 40.3 Å². The van der Waals surface area contributed by atoms with Gasteiger partial charge in [-0.2, -0.15) is 4.68 Å². The number of hydrogen-bond acceptors (Lipinski definition) is 6. The highest BCUT2D eigenvalue weighted by molar-refractivity contribution is 7.18. The first-order valence-corrected chi connectivity index (χ1v) is 11.0. The molecule has 10 heteroatoms. The molecule has 0 spiro atoms. The minimum Gasteiger partial charge on any atom is -0.339 e. The minimum absolute atomic E-state index is 0.0717. The van der Waals surface area contributed by atoms with Gasteiger partial charge in [-0.15, -0.1) is 16.4 Å². The second-order valence-electron chi connectivity index (χ2n) is 7.15. The van der Waals surface area contributed by atoms with Crippen molar-refractivity contribution in [2.45, 2.75) is 18.8 Å². The Morgan fingerprint density at radius 3 is 2.60 bits per heavy atom. The predicted molar refractivity (Wildman–Crippen MR) is 117 cm³/mol. The fraction of sp³-hybridized carbons (Fsp3) is 0.250. The molecule has 1 saturated heterocycles. The fourth-order valence-electron chi connectivity index (χ4n) is 3.74. The topological polar surface area (TPSA) is 76.8 Å². The molecule has 5 rings (SSSR count). The summed E-state index contributed by atoms with van der Waals surface area (Å²) in [5.41, 5.74) is 2.04. The number of likely N-dealkylation sites (tertiary alicyclic amines) is 1. The third kappa shape index (κ3) is 3.66. The number of thiazole rings is 1. The molecule has 1 aliphatic rings. The standard InChI is InChI=1S/C20H16Cl2N6OS/c21-13-1-3-17(28-11-23-25-26-28)15(9-13)20(29)27-7-5-12(6-8-27)19-24-16-10-14(22)2-4-18(16)30-19/h1-4,9-12H,5-8H2. The van der Waals surface area contributed by atoms with Crippen LogP contribution >= 0.6 is 34.5 Å². The highest BCUT2D eigenvalue weighted by Gasteiger charge is 2.28. The molecule has 30 heavy (non-hydrogen) atoms. The predicted octanol–water partition coefficient (Wildman–Crippen LogP) is 4.60. The number of nitrogens with zero attached hydrogens (tertiary/aromatic N) is 6. The van der Waals surface area contributed by atoms with E-state index in [2.05, 4.69) is 15.5 Å². The smallest absolute Gasteiger partial charge is 0.256 e. The molecule has 7 nitrogen and oxygen atoms in total. The summed E-state index contributed by atoms with van der Waals surface area (Å²) >= 11 is 14.0. The van der Waals surface area contributed by atoms with Gasteiger partial charge in [0, 0.05) is 29.1 Å². The molecule has 0 N–H and O–H groups in total. The van der Waals surface area contributed by atoms with E-state index in [4.69, 9.17) is 28.2 Å². The molecular formula is C20H16Cl2N6OS. The Hall–Kier alpha value is -2.55. The van der Waals surface area contributed by atoms with Gasteiger partial charge in [0.2, 0.25) is 0 Å². The van der Waals surface area contributed by atoms with Crippen molar-refractivity contribution in [2.75, 3.05) is 13.1 Å².